The Labute approximate surface area is 334 Å². The van der Waals surface area contributed by atoms with Gasteiger partial charge in [-0.3, -0.25) is 9.59 Å². The highest BCUT2D eigenvalue weighted by molar-refractivity contribution is 7.17. The maximum Gasteiger partial charge on any atom is 0.407 e. The van der Waals surface area contributed by atoms with E-state index in [4.69, 9.17) is 15.5 Å². The number of imidazole rings is 1. The van der Waals surface area contributed by atoms with Crippen LogP contribution >= 0.6 is 11.3 Å². The number of fused-ring (bicyclic) bond motifs is 2. The topological polar surface area (TPSA) is 158 Å². The van der Waals surface area contributed by atoms with Crippen LogP contribution in [-0.2, 0) is 26.2 Å². The fourth-order valence-electron chi connectivity index (χ4n) is 10.0. The van der Waals surface area contributed by atoms with Gasteiger partial charge in [-0.25, -0.2) is 9.78 Å². The maximum atomic E-state index is 13.8. The molecule has 8 rings (SSSR count). The Balaban J connectivity index is 1.02. The van der Waals surface area contributed by atoms with E-state index in [1.54, 1.807) is 5.56 Å². The first-order chi connectivity index (χ1) is 27.0. The van der Waals surface area contributed by atoms with Crippen LogP contribution in [0.4, 0.5) is 4.79 Å². The molecule has 1 saturated carbocycles. The predicted octanol–water partition coefficient (Wildman–Crippen LogP) is 6.40. The van der Waals surface area contributed by atoms with Crippen molar-refractivity contribution in [1.29, 1.82) is 0 Å². The number of thiophene rings is 1. The van der Waals surface area contributed by atoms with Crippen molar-refractivity contribution >= 4 is 34.9 Å². The second-order valence-electron chi connectivity index (χ2n) is 17.3. The fraction of sp³-hybridized carbons (Fsp3) is 0.581. The lowest BCUT2D eigenvalue weighted by Crippen LogP contribution is -2.57. The number of aromatic amines is 1. The van der Waals surface area contributed by atoms with Crippen LogP contribution in [0.3, 0.4) is 0 Å². The van der Waals surface area contributed by atoms with Gasteiger partial charge in [0.05, 0.1) is 47.7 Å². The van der Waals surface area contributed by atoms with Crippen molar-refractivity contribution in [2.75, 3.05) is 20.2 Å². The van der Waals surface area contributed by atoms with Crippen LogP contribution in [0.5, 0.6) is 0 Å². The number of aromatic nitrogens is 2. The number of carbonyl (C=O) groups excluding carboxylic acids is 3. The average molecular weight is 783 g/mol. The lowest BCUT2D eigenvalue weighted by molar-refractivity contribution is -0.136. The summed E-state index contributed by atoms with van der Waals surface area (Å²) < 4.78 is 4.83. The molecule has 300 valence electrons. The molecule has 2 saturated heterocycles. The van der Waals surface area contributed by atoms with Crippen LogP contribution in [0.15, 0.2) is 36.7 Å². The Hall–Kier alpha value is -4.36. The molecule has 13 heteroatoms. The zero-order chi connectivity index (χ0) is 39.3. The number of benzene rings is 1. The van der Waals surface area contributed by atoms with Gasteiger partial charge in [0, 0.05) is 24.2 Å². The summed E-state index contributed by atoms with van der Waals surface area (Å²) in [6.07, 6.45) is 14.2. The highest BCUT2D eigenvalue weighted by Gasteiger charge is 2.46. The molecule has 2 aliphatic carbocycles. The molecule has 5 heterocycles. The normalized spacial score (nSPS) is 23.7. The molecule has 3 amide bonds. The zero-order valence-corrected chi connectivity index (χ0v) is 34.3. The zero-order valence-electron chi connectivity index (χ0n) is 33.5. The molecular weight excluding hydrogens is 725 g/mol. The number of nitrogens with one attached hydrogen (secondary N) is 4. The minimum absolute atomic E-state index is 0.00274. The monoisotopic (exact) mass is 782 g/mol. The summed E-state index contributed by atoms with van der Waals surface area (Å²) in [5.41, 5.74) is 13.9. The number of rotatable bonds is 10. The number of amides is 3. The third kappa shape index (κ3) is 6.88. The molecule has 1 spiro atoms. The van der Waals surface area contributed by atoms with Gasteiger partial charge in [-0.2, -0.15) is 0 Å². The molecule has 3 fully saturated rings. The van der Waals surface area contributed by atoms with E-state index >= 15 is 0 Å². The van der Waals surface area contributed by atoms with Crippen molar-refractivity contribution in [3.63, 3.8) is 0 Å². The van der Waals surface area contributed by atoms with E-state index in [1.165, 1.54) is 60.1 Å². The lowest BCUT2D eigenvalue weighted by Gasteiger charge is -2.34. The van der Waals surface area contributed by atoms with Gasteiger partial charge in [0.1, 0.15) is 18.0 Å². The lowest BCUT2D eigenvalue weighted by atomic mass is 9.79. The van der Waals surface area contributed by atoms with E-state index in [0.717, 1.165) is 54.9 Å². The Morgan fingerprint density at radius 2 is 1.64 bits per heavy atom. The summed E-state index contributed by atoms with van der Waals surface area (Å²) in [6.45, 7) is 9.24. The third-order valence-corrected chi connectivity index (χ3v) is 14.5. The molecule has 3 aromatic rings. The molecule has 2 aromatic heterocycles. The van der Waals surface area contributed by atoms with Gasteiger partial charge in [-0.15, -0.1) is 11.3 Å². The SMILES string of the molecule is COC(=O)NC(C(=O)N1CCC[C@H]1C1NC=C(c2sc(-c3ccc(-c4cnc([C@@H]5CCCN5C(=O)[C@@H](N)C(C)C)[nH]4)cc3)c3c2CCC32CCCC2)N1)C(C)C. The smallest absolute Gasteiger partial charge is 0.407 e. The molecule has 12 nitrogen and oxygen atoms in total. The second-order valence-corrected chi connectivity index (χ2v) is 18.3. The largest absolute Gasteiger partial charge is 0.453 e. The summed E-state index contributed by atoms with van der Waals surface area (Å²) in [5, 5.41) is 10.2. The van der Waals surface area contributed by atoms with Gasteiger partial charge < -0.3 is 41.2 Å². The van der Waals surface area contributed by atoms with Gasteiger partial charge >= 0.3 is 6.09 Å². The van der Waals surface area contributed by atoms with Crippen molar-refractivity contribution in [2.45, 2.75) is 128 Å². The van der Waals surface area contributed by atoms with Gasteiger partial charge in [0.2, 0.25) is 11.8 Å². The standard InChI is InChI=1S/C43H58N8O4S/c1-24(2)34(44)40(52)50-20-8-10-31(50)38-45-22-29(47-38)26-12-14-27(15-13-26)36-33-28(16-19-43(33)17-6-7-18-43)37(56-36)30-23-46-39(48-30)32-11-9-21-51(32)41(53)35(25(3)4)49-42(54)55-5/h12-15,22-25,31-32,34-35,39,46,48H,6-11,16-21,44H2,1-5H3,(H,45,47)(H,49,54)/t31-,32-,34-,35?,39?/m0/s1. The summed E-state index contributed by atoms with van der Waals surface area (Å²) in [7, 11) is 1.32. The minimum atomic E-state index is -0.647. The van der Waals surface area contributed by atoms with Gasteiger partial charge in [-0.1, -0.05) is 64.8 Å². The van der Waals surface area contributed by atoms with Crippen LogP contribution in [-0.4, -0.2) is 82.2 Å². The number of carbonyl (C=O) groups is 3. The summed E-state index contributed by atoms with van der Waals surface area (Å²) in [6, 6.07) is 7.61. The Kier molecular flexibility index (Phi) is 10.7. The third-order valence-electron chi connectivity index (χ3n) is 13.2. The molecule has 1 aromatic carbocycles. The van der Waals surface area contributed by atoms with E-state index in [1.807, 2.05) is 55.0 Å². The molecule has 56 heavy (non-hydrogen) atoms. The fourth-order valence-corrected chi connectivity index (χ4v) is 11.5. The number of H-pyrrole nitrogens is 1. The van der Waals surface area contributed by atoms with E-state index in [0.29, 0.717) is 13.1 Å². The van der Waals surface area contributed by atoms with Crippen molar-refractivity contribution in [2.24, 2.45) is 17.6 Å². The minimum Gasteiger partial charge on any atom is -0.453 e. The Morgan fingerprint density at radius 1 is 0.929 bits per heavy atom. The molecule has 0 radical (unpaired) electrons. The van der Waals surface area contributed by atoms with E-state index in [-0.39, 0.29) is 47.3 Å². The van der Waals surface area contributed by atoms with Crippen molar-refractivity contribution in [1.82, 2.24) is 35.7 Å². The molecule has 2 unspecified atom stereocenters. The van der Waals surface area contributed by atoms with Crippen LogP contribution < -0.4 is 21.7 Å². The van der Waals surface area contributed by atoms with Crippen molar-refractivity contribution in [3.8, 4) is 21.7 Å². The van der Waals surface area contributed by atoms with Gasteiger partial charge in [-0.05, 0) is 90.9 Å². The van der Waals surface area contributed by atoms with Gasteiger partial charge in [0.15, 0.2) is 0 Å². The van der Waals surface area contributed by atoms with Crippen LogP contribution in [0.2, 0.25) is 0 Å². The molecule has 0 bridgehead atoms. The number of methoxy groups -OCH3 is 1. The predicted molar refractivity (Wildman–Crippen MR) is 219 cm³/mol. The highest BCUT2D eigenvalue weighted by Crippen LogP contribution is 2.57. The number of hydrogen-bond donors (Lipinski definition) is 5. The average Bonchev–Trinajstić information content (AvgIpc) is 4.04. The van der Waals surface area contributed by atoms with Crippen LogP contribution in [0.25, 0.3) is 27.4 Å². The number of hydrogen-bond acceptors (Lipinski definition) is 9. The number of nitrogens with zero attached hydrogens (tertiary/aromatic N) is 3. The number of likely N-dealkylation sites (tertiary alicyclic amines) is 2. The van der Waals surface area contributed by atoms with E-state index < -0.39 is 18.2 Å². The first kappa shape index (κ1) is 38.5. The number of alkyl carbamates (subject to hydrolysis) is 1. The summed E-state index contributed by atoms with van der Waals surface area (Å²) >= 11 is 1.89. The Morgan fingerprint density at radius 3 is 2.36 bits per heavy atom. The molecule has 5 aliphatic rings. The highest BCUT2D eigenvalue weighted by atomic mass is 32.1. The van der Waals surface area contributed by atoms with Gasteiger partial charge in [0.25, 0.3) is 0 Å². The summed E-state index contributed by atoms with van der Waals surface area (Å²) in [5.74, 6) is 0.769. The molecule has 3 aliphatic heterocycles. The second kappa shape index (κ2) is 15.5. The van der Waals surface area contributed by atoms with Crippen molar-refractivity contribution in [3.05, 3.63) is 58.5 Å². The van der Waals surface area contributed by atoms with Crippen molar-refractivity contribution < 1.29 is 19.1 Å². The Bertz CT molecular complexity index is 1980. The van der Waals surface area contributed by atoms with E-state index in [9.17, 15) is 14.4 Å². The number of ether oxygens (including phenoxy) is 1. The quantitative estimate of drug-likeness (QED) is 0.158. The maximum absolute atomic E-state index is 13.8. The number of nitrogens with two attached hydrogens (primary N) is 1. The molecule has 6 N–H and O–H groups in total. The molecular formula is C43H58N8O4S. The summed E-state index contributed by atoms with van der Waals surface area (Å²) in [4.78, 5) is 54.0. The molecule has 5 atom stereocenters. The first-order valence-electron chi connectivity index (χ1n) is 20.8. The van der Waals surface area contributed by atoms with E-state index in [2.05, 4.69) is 51.4 Å². The van der Waals surface area contributed by atoms with Crippen LogP contribution in [0, 0.1) is 11.8 Å². The van der Waals surface area contributed by atoms with Crippen LogP contribution in [0.1, 0.15) is 113 Å². The first-order valence-corrected chi connectivity index (χ1v) is 21.6.